The van der Waals surface area contributed by atoms with E-state index < -0.39 is 0 Å². The topological polar surface area (TPSA) is 67.4 Å². The van der Waals surface area contributed by atoms with E-state index in [2.05, 4.69) is 51.7 Å². The zero-order valence-electron chi connectivity index (χ0n) is 18.6. The average molecular weight is 419 g/mol. The SMILES string of the molecule is CN=C(NCCCOCC1CCCO1)NCC(c1cccc(C)c1)N1CCOCC1. The fourth-order valence-electron chi connectivity index (χ4n) is 4.01. The molecule has 0 aromatic heterocycles. The minimum atomic E-state index is 0.294. The maximum atomic E-state index is 5.74. The molecule has 30 heavy (non-hydrogen) atoms. The lowest BCUT2D eigenvalue weighted by atomic mass is 10.0. The summed E-state index contributed by atoms with van der Waals surface area (Å²) in [6.45, 7) is 9.61. The molecule has 2 heterocycles. The molecule has 0 saturated carbocycles. The molecule has 7 heteroatoms. The van der Waals surface area contributed by atoms with Crippen LogP contribution in [0.1, 0.15) is 36.4 Å². The summed E-state index contributed by atoms with van der Waals surface area (Å²) < 4.78 is 16.9. The van der Waals surface area contributed by atoms with Crippen LogP contribution < -0.4 is 10.6 Å². The van der Waals surface area contributed by atoms with Crippen molar-refractivity contribution in [1.82, 2.24) is 15.5 Å². The zero-order chi connectivity index (χ0) is 21.0. The van der Waals surface area contributed by atoms with Gasteiger partial charge in [0.05, 0.1) is 32.0 Å². The number of aliphatic imine (C=N–C) groups is 1. The van der Waals surface area contributed by atoms with Gasteiger partial charge in [-0.3, -0.25) is 9.89 Å². The molecular weight excluding hydrogens is 380 g/mol. The van der Waals surface area contributed by atoms with Crippen molar-refractivity contribution in [3.63, 3.8) is 0 Å². The molecule has 0 bridgehead atoms. The van der Waals surface area contributed by atoms with E-state index in [1.165, 1.54) is 11.1 Å². The molecule has 1 aromatic carbocycles. The van der Waals surface area contributed by atoms with Crippen molar-refractivity contribution < 1.29 is 14.2 Å². The Morgan fingerprint density at radius 2 is 2.13 bits per heavy atom. The third-order valence-electron chi connectivity index (χ3n) is 5.69. The predicted molar refractivity (Wildman–Crippen MR) is 120 cm³/mol. The number of benzene rings is 1. The van der Waals surface area contributed by atoms with Crippen LogP contribution in [-0.4, -0.2) is 83.2 Å². The van der Waals surface area contributed by atoms with Gasteiger partial charge < -0.3 is 24.8 Å². The van der Waals surface area contributed by atoms with Gasteiger partial charge in [-0.05, 0) is 31.7 Å². The summed E-state index contributed by atoms with van der Waals surface area (Å²) in [6.07, 6.45) is 3.52. The smallest absolute Gasteiger partial charge is 0.191 e. The number of hydrogen-bond acceptors (Lipinski definition) is 5. The van der Waals surface area contributed by atoms with Gasteiger partial charge in [0.15, 0.2) is 5.96 Å². The summed E-state index contributed by atoms with van der Waals surface area (Å²) in [5, 5.41) is 6.92. The van der Waals surface area contributed by atoms with Gasteiger partial charge in [0.2, 0.25) is 0 Å². The number of guanidine groups is 1. The van der Waals surface area contributed by atoms with Crippen LogP contribution in [0.3, 0.4) is 0 Å². The van der Waals surface area contributed by atoms with E-state index in [-0.39, 0.29) is 0 Å². The van der Waals surface area contributed by atoms with Gasteiger partial charge in [-0.1, -0.05) is 29.8 Å². The average Bonchev–Trinajstić information content (AvgIpc) is 3.29. The lowest BCUT2D eigenvalue weighted by Crippen LogP contribution is -2.46. The molecule has 168 valence electrons. The van der Waals surface area contributed by atoms with Crippen LogP contribution >= 0.6 is 0 Å². The van der Waals surface area contributed by atoms with E-state index in [0.29, 0.717) is 18.8 Å². The summed E-state index contributed by atoms with van der Waals surface area (Å²) in [4.78, 5) is 6.89. The van der Waals surface area contributed by atoms with E-state index in [1.54, 1.807) is 0 Å². The molecule has 2 fully saturated rings. The first-order valence-electron chi connectivity index (χ1n) is 11.3. The van der Waals surface area contributed by atoms with Crippen molar-refractivity contribution in [2.75, 3.05) is 66.3 Å². The number of rotatable bonds is 10. The third kappa shape index (κ3) is 7.54. The van der Waals surface area contributed by atoms with E-state index in [9.17, 15) is 0 Å². The maximum Gasteiger partial charge on any atom is 0.191 e. The second-order valence-electron chi connectivity index (χ2n) is 8.02. The number of morpholine rings is 1. The highest BCUT2D eigenvalue weighted by Crippen LogP contribution is 2.22. The van der Waals surface area contributed by atoms with Gasteiger partial charge >= 0.3 is 0 Å². The fourth-order valence-corrected chi connectivity index (χ4v) is 4.01. The molecule has 2 saturated heterocycles. The Morgan fingerprint density at radius 3 is 2.87 bits per heavy atom. The van der Waals surface area contributed by atoms with Crippen LogP contribution in [0.2, 0.25) is 0 Å². The first-order valence-corrected chi connectivity index (χ1v) is 11.3. The molecule has 0 spiro atoms. The molecule has 0 radical (unpaired) electrons. The summed E-state index contributed by atoms with van der Waals surface area (Å²) >= 11 is 0. The van der Waals surface area contributed by atoms with E-state index in [0.717, 1.165) is 77.8 Å². The van der Waals surface area contributed by atoms with Gasteiger partial charge in [0, 0.05) is 46.4 Å². The summed E-state index contributed by atoms with van der Waals surface area (Å²) in [6, 6.07) is 9.08. The standard InChI is InChI=1S/C23H38N4O3/c1-19-6-3-7-20(16-19)22(27-10-14-28-15-11-27)17-26-23(24-2)25-9-5-12-29-18-21-8-4-13-30-21/h3,6-7,16,21-22H,4-5,8-15,17-18H2,1-2H3,(H2,24,25,26). The molecule has 1 aromatic rings. The highest BCUT2D eigenvalue weighted by atomic mass is 16.5. The number of nitrogens with one attached hydrogen (secondary N) is 2. The number of aryl methyl sites for hydroxylation is 1. The molecule has 2 N–H and O–H groups in total. The largest absolute Gasteiger partial charge is 0.379 e. The molecule has 3 rings (SSSR count). The van der Waals surface area contributed by atoms with Crippen molar-refractivity contribution in [2.24, 2.45) is 4.99 Å². The Labute approximate surface area is 181 Å². The molecular formula is C23H38N4O3. The minimum Gasteiger partial charge on any atom is -0.379 e. The summed E-state index contributed by atoms with van der Waals surface area (Å²) in [5.41, 5.74) is 2.62. The number of hydrogen-bond donors (Lipinski definition) is 2. The second kappa shape index (κ2) is 12.9. The predicted octanol–water partition coefficient (Wildman–Crippen LogP) is 2.12. The summed E-state index contributed by atoms with van der Waals surface area (Å²) in [7, 11) is 1.82. The minimum absolute atomic E-state index is 0.294. The van der Waals surface area contributed by atoms with E-state index >= 15 is 0 Å². The molecule has 7 nitrogen and oxygen atoms in total. The lowest BCUT2D eigenvalue weighted by Gasteiger charge is -2.35. The highest BCUT2D eigenvalue weighted by molar-refractivity contribution is 5.79. The van der Waals surface area contributed by atoms with Gasteiger partial charge in [0.25, 0.3) is 0 Å². The van der Waals surface area contributed by atoms with Crippen LogP contribution in [-0.2, 0) is 14.2 Å². The van der Waals surface area contributed by atoms with Crippen molar-refractivity contribution >= 4 is 5.96 Å². The van der Waals surface area contributed by atoms with Gasteiger partial charge in [0.1, 0.15) is 0 Å². The molecule has 0 aliphatic carbocycles. The van der Waals surface area contributed by atoms with Crippen molar-refractivity contribution in [3.8, 4) is 0 Å². The molecule has 2 atom stereocenters. The van der Waals surface area contributed by atoms with Crippen molar-refractivity contribution in [3.05, 3.63) is 35.4 Å². The quantitative estimate of drug-likeness (QED) is 0.345. The van der Waals surface area contributed by atoms with Gasteiger partial charge in [-0.15, -0.1) is 0 Å². The van der Waals surface area contributed by atoms with Gasteiger partial charge in [-0.25, -0.2) is 0 Å². The second-order valence-corrected chi connectivity index (χ2v) is 8.02. The Hall–Kier alpha value is -1.67. The van der Waals surface area contributed by atoms with Crippen LogP contribution in [0, 0.1) is 6.92 Å². The van der Waals surface area contributed by atoms with E-state index in [1.807, 2.05) is 7.05 Å². The van der Waals surface area contributed by atoms with Crippen LogP contribution in [0.25, 0.3) is 0 Å². The zero-order valence-corrected chi connectivity index (χ0v) is 18.6. The maximum absolute atomic E-state index is 5.74. The van der Waals surface area contributed by atoms with Gasteiger partial charge in [-0.2, -0.15) is 0 Å². The van der Waals surface area contributed by atoms with Crippen molar-refractivity contribution in [2.45, 2.75) is 38.3 Å². The number of nitrogens with zero attached hydrogens (tertiary/aromatic N) is 2. The van der Waals surface area contributed by atoms with E-state index in [4.69, 9.17) is 14.2 Å². The normalized spacial score (nSPS) is 21.5. The molecule has 2 aliphatic rings. The monoisotopic (exact) mass is 418 g/mol. The van der Waals surface area contributed by atoms with Crippen LogP contribution in [0.5, 0.6) is 0 Å². The Morgan fingerprint density at radius 1 is 1.27 bits per heavy atom. The molecule has 2 aliphatic heterocycles. The Bertz CT molecular complexity index is 643. The first-order chi connectivity index (χ1) is 14.8. The highest BCUT2D eigenvalue weighted by Gasteiger charge is 2.23. The fraction of sp³-hybridized carbons (Fsp3) is 0.696. The molecule has 2 unspecified atom stereocenters. The molecule has 0 amide bonds. The lowest BCUT2D eigenvalue weighted by molar-refractivity contribution is 0.0165. The number of ether oxygens (including phenoxy) is 3. The Kier molecular flexibility index (Phi) is 9.89. The van der Waals surface area contributed by atoms with Crippen molar-refractivity contribution in [1.29, 1.82) is 0 Å². The summed E-state index contributed by atoms with van der Waals surface area (Å²) in [5.74, 6) is 0.833. The third-order valence-corrected chi connectivity index (χ3v) is 5.69. The van der Waals surface area contributed by atoms with Crippen LogP contribution in [0.4, 0.5) is 0 Å². The van der Waals surface area contributed by atoms with Crippen LogP contribution in [0.15, 0.2) is 29.3 Å². The first kappa shape index (κ1) is 23.0. The Balaban J connectivity index is 1.42.